The molecule has 0 aliphatic carbocycles. The molecule has 0 amide bonds. The zero-order chi connectivity index (χ0) is 15.4. The van der Waals surface area contributed by atoms with Crippen molar-refractivity contribution in [2.24, 2.45) is 0 Å². The van der Waals surface area contributed by atoms with Gasteiger partial charge in [0.1, 0.15) is 5.82 Å². The molecule has 4 nitrogen and oxygen atoms in total. The van der Waals surface area contributed by atoms with Crippen molar-refractivity contribution >= 4 is 11.3 Å². The molecule has 0 fully saturated rings. The quantitative estimate of drug-likeness (QED) is 0.700. The molecule has 0 unspecified atom stereocenters. The fourth-order valence-corrected chi connectivity index (χ4v) is 3.16. The van der Waals surface area contributed by atoms with Crippen LogP contribution in [-0.4, -0.2) is 33.0 Å². The first-order valence-electron chi connectivity index (χ1n) is 7.39. The van der Waals surface area contributed by atoms with Gasteiger partial charge in [-0.05, 0) is 26.1 Å². The van der Waals surface area contributed by atoms with Crippen molar-refractivity contribution in [1.82, 2.24) is 19.4 Å². The zero-order valence-electron chi connectivity index (χ0n) is 12.9. The largest absolute Gasteiger partial charge is 0.300 e. The highest BCUT2D eigenvalue weighted by Crippen LogP contribution is 2.16. The molecule has 1 aromatic carbocycles. The average molecular weight is 312 g/mol. The highest BCUT2D eigenvalue weighted by molar-refractivity contribution is 7.09. The van der Waals surface area contributed by atoms with Gasteiger partial charge >= 0.3 is 0 Å². The van der Waals surface area contributed by atoms with Crippen LogP contribution in [0.4, 0.5) is 0 Å². The molecule has 3 rings (SSSR count). The van der Waals surface area contributed by atoms with E-state index in [0.29, 0.717) is 0 Å². The van der Waals surface area contributed by atoms with E-state index in [9.17, 15) is 0 Å². The van der Waals surface area contributed by atoms with Crippen LogP contribution in [0, 0.1) is 6.92 Å². The van der Waals surface area contributed by atoms with E-state index >= 15 is 0 Å². The third-order valence-corrected chi connectivity index (χ3v) is 4.49. The highest BCUT2D eigenvalue weighted by atomic mass is 32.1. The van der Waals surface area contributed by atoms with Gasteiger partial charge in [-0.25, -0.2) is 9.97 Å². The maximum Gasteiger partial charge on any atom is 0.110 e. The number of aryl methyl sites for hydroxylation is 1. The van der Waals surface area contributed by atoms with Gasteiger partial charge in [0.2, 0.25) is 0 Å². The molecule has 2 aromatic heterocycles. The van der Waals surface area contributed by atoms with Gasteiger partial charge in [0.15, 0.2) is 0 Å². The lowest BCUT2D eigenvalue weighted by atomic mass is 10.3. The average Bonchev–Trinajstić information content (AvgIpc) is 3.16. The van der Waals surface area contributed by atoms with E-state index in [0.717, 1.165) is 25.3 Å². The maximum absolute atomic E-state index is 4.48. The van der Waals surface area contributed by atoms with Gasteiger partial charge in [0.25, 0.3) is 0 Å². The van der Waals surface area contributed by atoms with Crippen LogP contribution in [0.5, 0.6) is 0 Å². The first-order valence-corrected chi connectivity index (χ1v) is 8.27. The molecule has 114 valence electrons. The monoisotopic (exact) mass is 312 g/mol. The number of hydrogen-bond acceptors (Lipinski definition) is 4. The SMILES string of the molecule is Cc1ncc(CN(C)CCc2nccs2)n1-c1ccccc1. The van der Waals surface area contributed by atoms with Crippen LogP contribution in [0.3, 0.4) is 0 Å². The van der Waals surface area contributed by atoms with Crippen LogP contribution in [-0.2, 0) is 13.0 Å². The minimum atomic E-state index is 0.876. The summed E-state index contributed by atoms with van der Waals surface area (Å²) in [6, 6.07) is 10.4. The van der Waals surface area contributed by atoms with E-state index in [-0.39, 0.29) is 0 Å². The van der Waals surface area contributed by atoms with E-state index in [1.54, 1.807) is 11.3 Å². The predicted octanol–water partition coefficient (Wildman–Crippen LogP) is 3.31. The van der Waals surface area contributed by atoms with Crippen molar-refractivity contribution in [3.8, 4) is 5.69 Å². The first kappa shape index (κ1) is 14.9. The Hall–Kier alpha value is -1.98. The van der Waals surface area contributed by atoms with Gasteiger partial charge in [-0.15, -0.1) is 11.3 Å². The van der Waals surface area contributed by atoms with Gasteiger partial charge in [0.05, 0.1) is 16.9 Å². The molecule has 0 saturated heterocycles. The number of imidazole rings is 1. The number of thiazole rings is 1. The molecular formula is C17H20N4S. The van der Waals surface area contributed by atoms with Crippen LogP contribution in [0.1, 0.15) is 16.5 Å². The summed E-state index contributed by atoms with van der Waals surface area (Å²) in [5, 5.41) is 3.22. The molecule has 22 heavy (non-hydrogen) atoms. The summed E-state index contributed by atoms with van der Waals surface area (Å²) in [6.45, 7) is 3.92. The summed E-state index contributed by atoms with van der Waals surface area (Å²) in [5.74, 6) is 1.02. The molecule has 0 atom stereocenters. The topological polar surface area (TPSA) is 34.0 Å². The molecule has 3 aromatic rings. The molecule has 0 saturated carbocycles. The number of para-hydroxylation sites is 1. The van der Waals surface area contributed by atoms with E-state index in [4.69, 9.17) is 0 Å². The van der Waals surface area contributed by atoms with E-state index in [1.165, 1.54) is 16.4 Å². The summed E-state index contributed by atoms with van der Waals surface area (Å²) < 4.78 is 2.22. The molecular weight excluding hydrogens is 292 g/mol. The second kappa shape index (κ2) is 6.85. The van der Waals surface area contributed by atoms with Crippen LogP contribution in [0.15, 0.2) is 48.1 Å². The summed E-state index contributed by atoms with van der Waals surface area (Å²) in [5.41, 5.74) is 2.38. The third kappa shape index (κ3) is 3.43. The van der Waals surface area contributed by atoms with Crippen molar-refractivity contribution in [2.75, 3.05) is 13.6 Å². The Labute approximate surface area is 135 Å². The Morgan fingerprint density at radius 1 is 1.18 bits per heavy atom. The lowest BCUT2D eigenvalue weighted by molar-refractivity contribution is 0.325. The second-order valence-corrected chi connectivity index (χ2v) is 6.36. The molecule has 5 heteroatoms. The van der Waals surface area contributed by atoms with E-state index < -0.39 is 0 Å². The van der Waals surface area contributed by atoms with Crippen molar-refractivity contribution in [3.05, 3.63) is 64.6 Å². The Morgan fingerprint density at radius 3 is 2.73 bits per heavy atom. The first-order chi connectivity index (χ1) is 10.7. The summed E-state index contributed by atoms with van der Waals surface area (Å²) in [4.78, 5) is 11.1. The van der Waals surface area contributed by atoms with Crippen molar-refractivity contribution in [2.45, 2.75) is 19.9 Å². The number of likely N-dealkylation sites (N-methyl/N-ethyl adjacent to an activating group) is 1. The lowest BCUT2D eigenvalue weighted by Gasteiger charge is -2.18. The van der Waals surface area contributed by atoms with Crippen LogP contribution < -0.4 is 0 Å². The lowest BCUT2D eigenvalue weighted by Crippen LogP contribution is -2.22. The summed E-state index contributed by atoms with van der Waals surface area (Å²) >= 11 is 1.72. The van der Waals surface area contributed by atoms with Crippen molar-refractivity contribution in [3.63, 3.8) is 0 Å². The Balaban J connectivity index is 1.70. The van der Waals surface area contributed by atoms with Crippen LogP contribution in [0.2, 0.25) is 0 Å². The fraction of sp³-hybridized carbons (Fsp3) is 0.294. The number of nitrogens with zero attached hydrogens (tertiary/aromatic N) is 4. The fourth-order valence-electron chi connectivity index (χ4n) is 2.55. The Bertz CT molecular complexity index is 704. The normalized spacial score (nSPS) is 11.2. The van der Waals surface area contributed by atoms with Crippen molar-refractivity contribution in [1.29, 1.82) is 0 Å². The van der Waals surface area contributed by atoms with Crippen LogP contribution in [0.25, 0.3) is 5.69 Å². The van der Waals surface area contributed by atoms with Gasteiger partial charge in [-0.2, -0.15) is 0 Å². The molecule has 0 spiro atoms. The molecule has 0 aliphatic heterocycles. The maximum atomic E-state index is 4.48. The Morgan fingerprint density at radius 2 is 2.00 bits per heavy atom. The van der Waals surface area contributed by atoms with E-state index in [2.05, 4.69) is 50.7 Å². The summed E-state index contributed by atoms with van der Waals surface area (Å²) in [7, 11) is 2.14. The standard InChI is InChI=1S/C17H20N4S/c1-14-19-12-16(21(14)15-6-4-3-5-7-15)13-20(2)10-8-17-18-9-11-22-17/h3-7,9,11-12H,8,10,13H2,1-2H3. The van der Waals surface area contributed by atoms with Gasteiger partial charge < -0.3 is 4.90 Å². The highest BCUT2D eigenvalue weighted by Gasteiger charge is 2.11. The number of aromatic nitrogens is 3. The van der Waals surface area contributed by atoms with Crippen molar-refractivity contribution < 1.29 is 0 Å². The van der Waals surface area contributed by atoms with E-state index in [1.807, 2.05) is 30.8 Å². The summed E-state index contributed by atoms with van der Waals surface area (Å²) in [6.07, 6.45) is 4.84. The molecule has 0 aliphatic rings. The molecule has 0 N–H and O–H groups in total. The number of benzene rings is 1. The smallest absolute Gasteiger partial charge is 0.110 e. The minimum Gasteiger partial charge on any atom is -0.300 e. The number of hydrogen-bond donors (Lipinski definition) is 0. The molecule has 2 heterocycles. The van der Waals surface area contributed by atoms with Crippen LogP contribution >= 0.6 is 11.3 Å². The molecule has 0 radical (unpaired) electrons. The number of rotatable bonds is 6. The third-order valence-electron chi connectivity index (χ3n) is 3.65. The Kier molecular flexibility index (Phi) is 4.65. The zero-order valence-corrected chi connectivity index (χ0v) is 13.8. The van der Waals surface area contributed by atoms with Gasteiger partial charge in [-0.1, -0.05) is 18.2 Å². The second-order valence-electron chi connectivity index (χ2n) is 5.38. The van der Waals surface area contributed by atoms with Gasteiger partial charge in [-0.3, -0.25) is 4.57 Å². The van der Waals surface area contributed by atoms with Gasteiger partial charge in [0, 0.05) is 36.8 Å². The molecule has 0 bridgehead atoms. The minimum absolute atomic E-state index is 0.876. The predicted molar refractivity (Wildman–Crippen MR) is 90.5 cm³/mol.